The lowest BCUT2D eigenvalue weighted by Crippen LogP contribution is -2.16. The summed E-state index contributed by atoms with van der Waals surface area (Å²) in [5.41, 5.74) is 0.157. The zero-order valence-electron chi connectivity index (χ0n) is 7.75. The Morgan fingerprint density at radius 3 is 2.20 bits per heavy atom. The molecule has 0 amide bonds. The molecule has 0 heterocycles. The lowest BCUT2D eigenvalue weighted by Gasteiger charge is -2.00. The molecule has 2 N–H and O–H groups in total. The fraction of sp³-hybridized carbons (Fsp3) is 0.100. The van der Waals surface area contributed by atoms with Crippen LogP contribution in [0.15, 0.2) is 35.3 Å². The first kappa shape index (κ1) is 10.9. The number of hydrogen-bond acceptors (Lipinski definition) is 3. The molecule has 1 rings (SSSR count). The minimum atomic E-state index is -1.23. The molecule has 1 aromatic rings. The Morgan fingerprint density at radius 1 is 1.13 bits per heavy atom. The summed E-state index contributed by atoms with van der Waals surface area (Å²) < 4.78 is 0. The molecule has 0 radical (unpaired) electrons. The van der Waals surface area contributed by atoms with Crippen LogP contribution in [0, 0.1) is 0 Å². The smallest absolute Gasteiger partial charge is 0.354 e. The molecule has 0 aliphatic heterocycles. The summed E-state index contributed by atoms with van der Waals surface area (Å²) in [6.45, 7) is -0.545. The van der Waals surface area contributed by atoms with Gasteiger partial charge in [0.15, 0.2) is 5.71 Å². The van der Waals surface area contributed by atoms with Gasteiger partial charge in [-0.15, -0.1) is 0 Å². The molecule has 0 saturated heterocycles. The Hall–Kier alpha value is -2.17. The van der Waals surface area contributed by atoms with Crippen molar-refractivity contribution < 1.29 is 19.8 Å². The van der Waals surface area contributed by atoms with Gasteiger partial charge in [-0.2, -0.15) is 0 Å². The first-order valence-electron chi connectivity index (χ1n) is 4.16. The summed E-state index contributed by atoms with van der Waals surface area (Å²) in [6, 6.07) is 8.19. The number of aliphatic imine (C=N–C) groups is 1. The maximum atomic E-state index is 10.8. The molecule has 0 bridgehead atoms. The Bertz CT molecular complexity index is 397. The number of benzene rings is 1. The average Bonchev–Trinajstić information content (AvgIpc) is 2.18. The molecule has 0 unspecified atom stereocenters. The SMILES string of the molecule is O=C(O)CN=C(C(=O)O)c1ccccc1. The van der Waals surface area contributed by atoms with Crippen molar-refractivity contribution in [1.29, 1.82) is 0 Å². The standard InChI is InChI=1S/C10H9NO4/c12-8(13)6-11-9(10(14)15)7-4-2-1-3-5-7/h1-5H,6H2,(H,12,13)(H,14,15). The van der Waals surface area contributed by atoms with Crippen molar-refractivity contribution in [1.82, 2.24) is 0 Å². The van der Waals surface area contributed by atoms with E-state index >= 15 is 0 Å². The lowest BCUT2D eigenvalue weighted by atomic mass is 10.1. The Balaban J connectivity index is 2.99. The van der Waals surface area contributed by atoms with Crippen LogP contribution < -0.4 is 0 Å². The van der Waals surface area contributed by atoms with Crippen LogP contribution in [0.25, 0.3) is 0 Å². The predicted octanol–water partition coefficient (Wildman–Crippen LogP) is 0.645. The molecule has 5 heteroatoms. The first-order chi connectivity index (χ1) is 7.11. The van der Waals surface area contributed by atoms with Gasteiger partial charge < -0.3 is 10.2 Å². The zero-order valence-corrected chi connectivity index (χ0v) is 7.75. The fourth-order valence-corrected chi connectivity index (χ4v) is 1.03. The first-order valence-corrected chi connectivity index (χ1v) is 4.16. The molecule has 5 nitrogen and oxygen atoms in total. The number of hydrogen-bond donors (Lipinski definition) is 2. The third kappa shape index (κ3) is 3.22. The van der Waals surface area contributed by atoms with Crippen molar-refractivity contribution in [3.05, 3.63) is 35.9 Å². The number of carbonyl (C=O) groups is 2. The minimum absolute atomic E-state index is 0.238. The van der Waals surface area contributed by atoms with Crippen LogP contribution in [0.4, 0.5) is 0 Å². The highest BCUT2D eigenvalue weighted by Crippen LogP contribution is 2.01. The Labute approximate surface area is 85.7 Å². The van der Waals surface area contributed by atoms with Crippen LogP contribution in [0.2, 0.25) is 0 Å². The highest BCUT2D eigenvalue weighted by atomic mass is 16.4. The van der Waals surface area contributed by atoms with Crippen molar-refractivity contribution in [2.75, 3.05) is 6.54 Å². The van der Waals surface area contributed by atoms with E-state index in [1.54, 1.807) is 30.3 Å². The van der Waals surface area contributed by atoms with E-state index in [1.807, 2.05) is 0 Å². The van der Waals surface area contributed by atoms with E-state index in [0.717, 1.165) is 0 Å². The summed E-state index contributed by atoms with van der Waals surface area (Å²) in [5, 5.41) is 17.2. The van der Waals surface area contributed by atoms with Crippen LogP contribution in [0.3, 0.4) is 0 Å². The van der Waals surface area contributed by atoms with Gasteiger partial charge in [0.05, 0.1) is 0 Å². The topological polar surface area (TPSA) is 87.0 Å². The second kappa shape index (κ2) is 4.90. The van der Waals surface area contributed by atoms with Crippen molar-refractivity contribution in [2.45, 2.75) is 0 Å². The van der Waals surface area contributed by atoms with Gasteiger partial charge in [-0.05, 0) is 0 Å². The fourth-order valence-electron chi connectivity index (χ4n) is 1.03. The van der Waals surface area contributed by atoms with Crippen LogP contribution in [0.1, 0.15) is 5.56 Å². The molecular formula is C10H9NO4. The molecule has 0 aromatic heterocycles. The number of nitrogens with zero attached hydrogens (tertiary/aromatic N) is 1. The molecular weight excluding hydrogens is 198 g/mol. The molecule has 0 saturated carbocycles. The van der Waals surface area contributed by atoms with Crippen LogP contribution in [-0.2, 0) is 9.59 Å². The normalized spacial score (nSPS) is 11.1. The molecule has 0 fully saturated rings. The van der Waals surface area contributed by atoms with E-state index in [4.69, 9.17) is 10.2 Å². The lowest BCUT2D eigenvalue weighted by molar-refractivity contribution is -0.135. The van der Waals surface area contributed by atoms with Gasteiger partial charge >= 0.3 is 11.9 Å². The van der Waals surface area contributed by atoms with Gasteiger partial charge in [-0.25, -0.2) is 4.79 Å². The van der Waals surface area contributed by atoms with Crippen LogP contribution >= 0.6 is 0 Å². The Kier molecular flexibility index (Phi) is 3.56. The van der Waals surface area contributed by atoms with Crippen LogP contribution in [0.5, 0.6) is 0 Å². The number of rotatable bonds is 4. The largest absolute Gasteiger partial charge is 0.480 e. The number of aliphatic carboxylic acids is 2. The predicted molar refractivity (Wildman–Crippen MR) is 53.1 cm³/mol. The van der Waals surface area contributed by atoms with Gasteiger partial charge in [0, 0.05) is 5.56 Å². The molecule has 0 aliphatic carbocycles. The second-order valence-corrected chi connectivity index (χ2v) is 2.73. The monoisotopic (exact) mass is 207 g/mol. The molecule has 0 atom stereocenters. The van der Waals surface area contributed by atoms with E-state index in [-0.39, 0.29) is 5.71 Å². The molecule has 0 aliphatic rings. The quantitative estimate of drug-likeness (QED) is 0.709. The summed E-state index contributed by atoms with van der Waals surface area (Å²) in [5.74, 6) is -2.40. The summed E-state index contributed by atoms with van der Waals surface area (Å²) in [4.78, 5) is 24.6. The summed E-state index contributed by atoms with van der Waals surface area (Å²) in [7, 11) is 0. The van der Waals surface area contributed by atoms with Gasteiger partial charge in [0.1, 0.15) is 6.54 Å². The molecule has 0 spiro atoms. The van der Waals surface area contributed by atoms with Crippen LogP contribution in [-0.4, -0.2) is 34.4 Å². The second-order valence-electron chi connectivity index (χ2n) is 2.73. The van der Waals surface area contributed by atoms with Crippen molar-refractivity contribution in [3.63, 3.8) is 0 Å². The zero-order chi connectivity index (χ0) is 11.3. The third-order valence-corrected chi connectivity index (χ3v) is 1.62. The molecule has 15 heavy (non-hydrogen) atoms. The maximum absolute atomic E-state index is 10.8. The van der Waals surface area contributed by atoms with Gasteiger partial charge in [0.25, 0.3) is 0 Å². The van der Waals surface area contributed by atoms with Crippen molar-refractivity contribution in [2.24, 2.45) is 4.99 Å². The van der Waals surface area contributed by atoms with E-state index in [2.05, 4.69) is 4.99 Å². The molecule has 78 valence electrons. The van der Waals surface area contributed by atoms with Gasteiger partial charge in [-0.1, -0.05) is 30.3 Å². The number of carboxylic acids is 2. The van der Waals surface area contributed by atoms with Crippen molar-refractivity contribution in [3.8, 4) is 0 Å². The minimum Gasteiger partial charge on any atom is -0.480 e. The van der Waals surface area contributed by atoms with Gasteiger partial charge in [-0.3, -0.25) is 9.79 Å². The average molecular weight is 207 g/mol. The third-order valence-electron chi connectivity index (χ3n) is 1.62. The maximum Gasteiger partial charge on any atom is 0.354 e. The van der Waals surface area contributed by atoms with E-state index < -0.39 is 18.5 Å². The van der Waals surface area contributed by atoms with E-state index in [0.29, 0.717) is 5.56 Å². The van der Waals surface area contributed by atoms with Crippen molar-refractivity contribution >= 4 is 17.7 Å². The summed E-state index contributed by atoms with van der Waals surface area (Å²) in [6.07, 6.45) is 0. The van der Waals surface area contributed by atoms with E-state index in [9.17, 15) is 9.59 Å². The highest BCUT2D eigenvalue weighted by Gasteiger charge is 2.11. The number of carboxylic acid groups (broad SMARTS) is 2. The highest BCUT2D eigenvalue weighted by molar-refractivity contribution is 6.42. The van der Waals surface area contributed by atoms with Gasteiger partial charge in [0.2, 0.25) is 0 Å². The van der Waals surface area contributed by atoms with E-state index in [1.165, 1.54) is 0 Å². The summed E-state index contributed by atoms with van der Waals surface area (Å²) >= 11 is 0. The molecule has 1 aromatic carbocycles. The Morgan fingerprint density at radius 2 is 1.73 bits per heavy atom.